The number of nitrogens with zero attached hydrogens (tertiary/aromatic N) is 1. The van der Waals surface area contributed by atoms with Crippen molar-refractivity contribution >= 4 is 11.6 Å². The minimum absolute atomic E-state index is 0.0182. The van der Waals surface area contributed by atoms with E-state index in [1.165, 1.54) is 23.2 Å². The van der Waals surface area contributed by atoms with Crippen molar-refractivity contribution in [1.29, 1.82) is 0 Å². The number of carbonyl (C=O) groups is 1. The number of rotatable bonds is 5. The van der Waals surface area contributed by atoms with Crippen LogP contribution in [0.15, 0.2) is 48.5 Å². The standard InChI is InChI=1S/C22H26N2O2/c25-22(23-15-20-7-4-14-26-20)19-11-9-17(10-12-19)16-24-13-3-6-18-5-1-2-8-21(18)24/h1-2,5,8-12,20H,3-4,6-7,13-16H2,(H,23,25)/t20-/m0/s1. The quantitative estimate of drug-likeness (QED) is 0.897. The molecule has 0 saturated carbocycles. The first-order valence-corrected chi connectivity index (χ1v) is 9.61. The van der Waals surface area contributed by atoms with E-state index in [-0.39, 0.29) is 12.0 Å². The molecule has 2 aliphatic heterocycles. The van der Waals surface area contributed by atoms with Crippen molar-refractivity contribution in [3.05, 3.63) is 65.2 Å². The first kappa shape index (κ1) is 17.1. The summed E-state index contributed by atoms with van der Waals surface area (Å²) >= 11 is 0. The van der Waals surface area contributed by atoms with Gasteiger partial charge in [0.05, 0.1) is 6.10 Å². The molecule has 1 amide bonds. The van der Waals surface area contributed by atoms with Crippen LogP contribution in [-0.2, 0) is 17.7 Å². The lowest BCUT2D eigenvalue weighted by Crippen LogP contribution is -2.31. The van der Waals surface area contributed by atoms with Crippen LogP contribution >= 0.6 is 0 Å². The number of hydrogen-bond donors (Lipinski definition) is 1. The Kier molecular flexibility index (Phi) is 5.21. The van der Waals surface area contributed by atoms with Crippen molar-refractivity contribution in [1.82, 2.24) is 5.32 Å². The van der Waals surface area contributed by atoms with Gasteiger partial charge in [0.15, 0.2) is 0 Å². The minimum atomic E-state index is -0.0182. The first-order chi connectivity index (χ1) is 12.8. The van der Waals surface area contributed by atoms with Crippen molar-refractivity contribution < 1.29 is 9.53 Å². The second kappa shape index (κ2) is 7.92. The molecule has 26 heavy (non-hydrogen) atoms. The number of aryl methyl sites for hydroxylation is 1. The predicted octanol–water partition coefficient (Wildman–Crippen LogP) is 3.55. The fourth-order valence-corrected chi connectivity index (χ4v) is 3.87. The van der Waals surface area contributed by atoms with Gasteiger partial charge in [0.25, 0.3) is 5.91 Å². The van der Waals surface area contributed by atoms with E-state index in [4.69, 9.17) is 4.74 Å². The molecule has 136 valence electrons. The van der Waals surface area contributed by atoms with E-state index in [1.54, 1.807) is 0 Å². The highest BCUT2D eigenvalue weighted by molar-refractivity contribution is 5.94. The molecule has 0 spiro atoms. The summed E-state index contributed by atoms with van der Waals surface area (Å²) in [5.41, 5.74) is 4.73. The van der Waals surface area contributed by atoms with Gasteiger partial charge in [-0.1, -0.05) is 30.3 Å². The fraction of sp³-hybridized carbons (Fsp3) is 0.409. The Labute approximate surface area is 155 Å². The maximum Gasteiger partial charge on any atom is 0.251 e. The average Bonchev–Trinajstić information content (AvgIpc) is 3.21. The minimum Gasteiger partial charge on any atom is -0.376 e. The lowest BCUT2D eigenvalue weighted by Gasteiger charge is -2.31. The molecule has 1 saturated heterocycles. The molecule has 0 bridgehead atoms. The van der Waals surface area contributed by atoms with Gasteiger partial charge in [0.1, 0.15) is 0 Å². The number of benzene rings is 2. The number of anilines is 1. The van der Waals surface area contributed by atoms with Gasteiger partial charge in [-0.3, -0.25) is 4.79 Å². The van der Waals surface area contributed by atoms with E-state index in [1.807, 2.05) is 12.1 Å². The van der Waals surface area contributed by atoms with Crippen LogP contribution in [0.5, 0.6) is 0 Å². The summed E-state index contributed by atoms with van der Waals surface area (Å²) in [5, 5.41) is 2.98. The molecule has 4 nitrogen and oxygen atoms in total. The highest BCUT2D eigenvalue weighted by Gasteiger charge is 2.18. The molecular formula is C22H26N2O2. The molecule has 1 fully saturated rings. The molecule has 2 heterocycles. The van der Waals surface area contributed by atoms with E-state index in [0.717, 1.165) is 39.0 Å². The van der Waals surface area contributed by atoms with Crippen LogP contribution in [0.1, 0.15) is 40.7 Å². The Morgan fingerprint density at radius 2 is 1.96 bits per heavy atom. The normalized spacial score (nSPS) is 19.2. The molecule has 0 unspecified atom stereocenters. The summed E-state index contributed by atoms with van der Waals surface area (Å²) in [5.74, 6) is -0.0182. The highest BCUT2D eigenvalue weighted by Crippen LogP contribution is 2.28. The predicted molar refractivity (Wildman–Crippen MR) is 104 cm³/mol. The van der Waals surface area contributed by atoms with Crippen LogP contribution < -0.4 is 10.2 Å². The smallest absolute Gasteiger partial charge is 0.251 e. The zero-order valence-electron chi connectivity index (χ0n) is 15.1. The molecule has 4 heteroatoms. The molecule has 1 atom stereocenters. The van der Waals surface area contributed by atoms with Crippen molar-refractivity contribution in [2.45, 2.75) is 38.3 Å². The summed E-state index contributed by atoms with van der Waals surface area (Å²) in [4.78, 5) is 14.7. The third kappa shape index (κ3) is 3.91. The fourth-order valence-electron chi connectivity index (χ4n) is 3.87. The second-order valence-corrected chi connectivity index (χ2v) is 7.20. The van der Waals surface area contributed by atoms with Crippen LogP contribution in [0.3, 0.4) is 0 Å². The summed E-state index contributed by atoms with van der Waals surface area (Å²) < 4.78 is 5.55. The van der Waals surface area contributed by atoms with E-state index >= 15 is 0 Å². The third-order valence-corrected chi connectivity index (χ3v) is 5.31. The maximum absolute atomic E-state index is 12.3. The van der Waals surface area contributed by atoms with Crippen LogP contribution in [-0.4, -0.2) is 31.7 Å². The van der Waals surface area contributed by atoms with Gasteiger partial charge in [0.2, 0.25) is 0 Å². The molecule has 0 aliphatic carbocycles. The zero-order valence-corrected chi connectivity index (χ0v) is 15.1. The zero-order chi connectivity index (χ0) is 17.8. The van der Waals surface area contributed by atoms with E-state index in [9.17, 15) is 4.79 Å². The summed E-state index contributed by atoms with van der Waals surface area (Å²) in [7, 11) is 0. The second-order valence-electron chi connectivity index (χ2n) is 7.20. The van der Waals surface area contributed by atoms with Crippen molar-refractivity contribution in [3.63, 3.8) is 0 Å². The Bertz CT molecular complexity index is 751. The van der Waals surface area contributed by atoms with Crippen LogP contribution in [0.2, 0.25) is 0 Å². The number of ether oxygens (including phenoxy) is 1. The number of para-hydroxylation sites is 1. The van der Waals surface area contributed by atoms with Crippen LogP contribution in [0.25, 0.3) is 0 Å². The lowest BCUT2D eigenvalue weighted by molar-refractivity contribution is 0.0858. The molecule has 2 aliphatic rings. The Hall–Kier alpha value is -2.33. The van der Waals surface area contributed by atoms with Crippen molar-refractivity contribution in [2.24, 2.45) is 0 Å². The molecule has 2 aromatic carbocycles. The van der Waals surface area contributed by atoms with Gasteiger partial charge in [0, 0.05) is 37.5 Å². The molecule has 0 aromatic heterocycles. The van der Waals surface area contributed by atoms with Crippen LogP contribution in [0.4, 0.5) is 5.69 Å². The molecule has 2 aromatic rings. The van der Waals surface area contributed by atoms with Crippen molar-refractivity contribution in [2.75, 3.05) is 24.6 Å². The number of carbonyl (C=O) groups excluding carboxylic acids is 1. The van der Waals surface area contributed by atoms with Crippen molar-refractivity contribution in [3.8, 4) is 0 Å². The number of hydrogen-bond acceptors (Lipinski definition) is 3. The van der Waals surface area contributed by atoms with Gasteiger partial charge in [-0.25, -0.2) is 0 Å². The maximum atomic E-state index is 12.3. The third-order valence-electron chi connectivity index (χ3n) is 5.31. The number of nitrogens with one attached hydrogen (secondary N) is 1. The number of amides is 1. The Balaban J connectivity index is 1.36. The number of fused-ring (bicyclic) bond motifs is 1. The summed E-state index contributed by atoms with van der Waals surface area (Å²) in [6.45, 7) is 3.38. The van der Waals surface area contributed by atoms with Gasteiger partial charge >= 0.3 is 0 Å². The average molecular weight is 350 g/mol. The van der Waals surface area contributed by atoms with E-state index in [0.29, 0.717) is 12.1 Å². The molecule has 1 N–H and O–H groups in total. The lowest BCUT2D eigenvalue weighted by atomic mass is 10.0. The van der Waals surface area contributed by atoms with Crippen LogP contribution in [0, 0.1) is 0 Å². The molecule has 4 rings (SSSR count). The first-order valence-electron chi connectivity index (χ1n) is 9.61. The molecular weight excluding hydrogens is 324 g/mol. The monoisotopic (exact) mass is 350 g/mol. The SMILES string of the molecule is O=C(NC[C@@H]1CCCO1)c1ccc(CN2CCCc3ccccc32)cc1. The summed E-state index contributed by atoms with van der Waals surface area (Å²) in [6, 6.07) is 16.7. The van der Waals surface area contributed by atoms with Gasteiger partial charge < -0.3 is 15.0 Å². The van der Waals surface area contributed by atoms with Gasteiger partial charge in [-0.15, -0.1) is 0 Å². The Morgan fingerprint density at radius 3 is 2.77 bits per heavy atom. The topological polar surface area (TPSA) is 41.6 Å². The largest absolute Gasteiger partial charge is 0.376 e. The highest BCUT2D eigenvalue weighted by atomic mass is 16.5. The van der Waals surface area contributed by atoms with Gasteiger partial charge in [-0.05, 0) is 55.0 Å². The Morgan fingerprint density at radius 1 is 1.12 bits per heavy atom. The molecule has 0 radical (unpaired) electrons. The van der Waals surface area contributed by atoms with E-state index < -0.39 is 0 Å². The van der Waals surface area contributed by atoms with E-state index in [2.05, 4.69) is 46.6 Å². The summed E-state index contributed by atoms with van der Waals surface area (Å²) in [6.07, 6.45) is 4.67. The van der Waals surface area contributed by atoms with Gasteiger partial charge in [-0.2, -0.15) is 0 Å².